The molecule has 0 amide bonds. The molecule has 5 aromatic heterocycles. The van der Waals surface area contributed by atoms with Gasteiger partial charge in [0, 0.05) is 61.3 Å². The minimum atomic E-state index is 0.223. The number of fused-ring (bicyclic) bond motifs is 3. The molecule has 0 radical (unpaired) electrons. The van der Waals surface area contributed by atoms with Crippen molar-refractivity contribution in [3.63, 3.8) is 0 Å². The fraction of sp³-hybridized carbons (Fsp3) is 0.357. The number of nitrogens with one attached hydrogen (secondary N) is 1. The quantitative estimate of drug-likeness (QED) is 0.352. The smallest absolute Gasteiger partial charge is 0.212 e. The summed E-state index contributed by atoms with van der Waals surface area (Å²) < 4.78 is 12.9. The summed E-state index contributed by atoms with van der Waals surface area (Å²) in [6.07, 6.45) is 10.1. The first kappa shape index (κ1) is 23.0. The third-order valence-electron chi connectivity index (χ3n) is 7.80. The highest BCUT2D eigenvalue weighted by molar-refractivity contribution is 6.00. The molecule has 2 fully saturated rings. The molecule has 38 heavy (non-hydrogen) atoms. The number of rotatable bonds is 7. The van der Waals surface area contributed by atoms with Crippen LogP contribution in [0.25, 0.3) is 27.7 Å². The molecule has 1 saturated heterocycles. The van der Waals surface area contributed by atoms with Gasteiger partial charge in [-0.3, -0.25) is 10.00 Å². The summed E-state index contributed by atoms with van der Waals surface area (Å²) in [5.41, 5.74) is 5.24. The highest BCUT2D eigenvalue weighted by Crippen LogP contribution is 2.45. The predicted octanol–water partition coefficient (Wildman–Crippen LogP) is 3.93. The first-order valence-corrected chi connectivity index (χ1v) is 13.1. The van der Waals surface area contributed by atoms with Gasteiger partial charge >= 0.3 is 0 Å². The van der Waals surface area contributed by atoms with Crippen molar-refractivity contribution >= 4 is 22.4 Å². The summed E-state index contributed by atoms with van der Waals surface area (Å²) in [5.74, 6) is 2.45. The number of H-pyrrole nitrogens is 1. The Labute approximate surface area is 220 Å². The van der Waals surface area contributed by atoms with Gasteiger partial charge in [-0.2, -0.15) is 5.10 Å². The summed E-state index contributed by atoms with van der Waals surface area (Å²) in [6.45, 7) is 6.42. The Morgan fingerprint density at radius 2 is 1.97 bits per heavy atom. The Balaban J connectivity index is 1.13. The van der Waals surface area contributed by atoms with Crippen LogP contribution in [0, 0.1) is 0 Å². The van der Waals surface area contributed by atoms with E-state index in [1.54, 1.807) is 7.11 Å². The van der Waals surface area contributed by atoms with Gasteiger partial charge in [-0.15, -0.1) is 5.10 Å². The van der Waals surface area contributed by atoms with Crippen LogP contribution in [0.5, 0.6) is 11.6 Å². The van der Waals surface area contributed by atoms with E-state index < -0.39 is 0 Å². The number of nitrogens with zero attached hydrogens (tertiary/aromatic N) is 7. The average Bonchev–Trinajstić information content (AvgIpc) is 3.40. The number of hydrogen-bond donors (Lipinski definition) is 1. The van der Waals surface area contributed by atoms with Crippen molar-refractivity contribution in [3.8, 4) is 22.8 Å². The topological polar surface area (TPSA) is 96.7 Å². The van der Waals surface area contributed by atoms with Crippen LogP contribution in [-0.2, 0) is 6.54 Å². The summed E-state index contributed by atoms with van der Waals surface area (Å²) in [4.78, 5) is 14.4. The van der Waals surface area contributed by atoms with E-state index >= 15 is 0 Å². The SMILES string of the molecule is CCOc1cc(-c2ccc(N3CCN(Cc4ccc(OC)nc4)C4(CC4)C3)nc2)c2c3cn[nH]c3nn2c1. The lowest BCUT2D eigenvalue weighted by Crippen LogP contribution is -2.54. The molecule has 1 saturated carbocycles. The maximum absolute atomic E-state index is 5.83. The van der Waals surface area contributed by atoms with Crippen LogP contribution in [0.4, 0.5) is 5.82 Å². The molecule has 1 N–H and O–H groups in total. The summed E-state index contributed by atoms with van der Waals surface area (Å²) in [7, 11) is 1.65. The molecule has 10 heteroatoms. The molecule has 0 atom stereocenters. The molecule has 0 unspecified atom stereocenters. The summed E-state index contributed by atoms with van der Waals surface area (Å²) >= 11 is 0. The van der Waals surface area contributed by atoms with Gasteiger partial charge in [0.1, 0.15) is 11.6 Å². The van der Waals surface area contributed by atoms with Crippen molar-refractivity contribution in [1.29, 1.82) is 0 Å². The third-order valence-corrected chi connectivity index (χ3v) is 7.80. The molecule has 6 heterocycles. The Morgan fingerprint density at radius 1 is 1.05 bits per heavy atom. The number of anilines is 1. The van der Waals surface area contributed by atoms with Crippen molar-refractivity contribution < 1.29 is 9.47 Å². The number of hydrogen-bond acceptors (Lipinski definition) is 8. The number of ether oxygens (including phenoxy) is 2. The minimum Gasteiger partial charge on any atom is -0.492 e. The Kier molecular flexibility index (Phi) is 5.43. The van der Waals surface area contributed by atoms with Crippen LogP contribution < -0.4 is 14.4 Å². The number of methoxy groups -OCH3 is 1. The lowest BCUT2D eigenvalue weighted by atomic mass is 10.1. The van der Waals surface area contributed by atoms with E-state index in [-0.39, 0.29) is 5.54 Å². The zero-order valence-electron chi connectivity index (χ0n) is 21.6. The highest BCUT2D eigenvalue weighted by Gasteiger charge is 2.51. The van der Waals surface area contributed by atoms with E-state index in [0.29, 0.717) is 12.5 Å². The number of aromatic nitrogens is 6. The molecule has 7 rings (SSSR count). The fourth-order valence-electron chi connectivity index (χ4n) is 5.66. The molecular formula is C28H30N8O2. The summed E-state index contributed by atoms with van der Waals surface area (Å²) in [6, 6.07) is 10.4. The van der Waals surface area contributed by atoms with Crippen molar-refractivity contribution in [3.05, 3.63) is 60.7 Å². The van der Waals surface area contributed by atoms with Crippen molar-refractivity contribution in [2.75, 3.05) is 38.3 Å². The van der Waals surface area contributed by atoms with Gasteiger partial charge in [0.2, 0.25) is 5.88 Å². The van der Waals surface area contributed by atoms with E-state index in [9.17, 15) is 0 Å². The Hall–Kier alpha value is -4.18. The van der Waals surface area contributed by atoms with E-state index in [1.165, 1.54) is 18.4 Å². The minimum absolute atomic E-state index is 0.223. The average molecular weight is 511 g/mol. The van der Waals surface area contributed by atoms with Crippen molar-refractivity contribution in [2.24, 2.45) is 0 Å². The molecule has 1 aliphatic carbocycles. The fourth-order valence-corrected chi connectivity index (χ4v) is 5.66. The third kappa shape index (κ3) is 3.92. The van der Waals surface area contributed by atoms with E-state index in [4.69, 9.17) is 14.5 Å². The predicted molar refractivity (Wildman–Crippen MR) is 145 cm³/mol. The second-order valence-electron chi connectivity index (χ2n) is 10.1. The number of pyridine rings is 3. The van der Waals surface area contributed by atoms with E-state index in [0.717, 1.165) is 65.4 Å². The first-order valence-electron chi connectivity index (χ1n) is 13.1. The Bertz CT molecular complexity index is 1590. The number of piperazine rings is 1. The van der Waals surface area contributed by atoms with E-state index in [2.05, 4.69) is 54.3 Å². The second kappa shape index (κ2) is 8.98. The molecule has 10 nitrogen and oxygen atoms in total. The largest absolute Gasteiger partial charge is 0.492 e. The molecule has 0 aromatic carbocycles. The normalized spacial score (nSPS) is 16.9. The van der Waals surface area contributed by atoms with Crippen LogP contribution in [0.2, 0.25) is 0 Å². The maximum atomic E-state index is 5.83. The van der Waals surface area contributed by atoms with Gasteiger partial charge in [0.25, 0.3) is 0 Å². The van der Waals surface area contributed by atoms with Gasteiger partial charge in [-0.05, 0) is 43.5 Å². The molecule has 2 aliphatic rings. The standard InChI is InChI=1S/C28H30N8O2/c1-3-38-21-12-22(26-23-15-31-32-27(23)33-36(26)17-21)20-5-6-24(29-14-20)34-10-11-35(28(18-34)8-9-28)16-19-4-7-25(37-2)30-13-19/h4-7,12-15,17H,3,8-11,16,18H2,1-2H3,(H,32,33). The molecule has 1 spiro atoms. The first-order chi connectivity index (χ1) is 18.7. The lowest BCUT2D eigenvalue weighted by Gasteiger charge is -2.42. The van der Waals surface area contributed by atoms with Crippen LogP contribution in [0.3, 0.4) is 0 Å². The van der Waals surface area contributed by atoms with Gasteiger partial charge in [0.05, 0.1) is 37.0 Å². The van der Waals surface area contributed by atoms with Gasteiger partial charge in [0.15, 0.2) is 5.65 Å². The molecule has 194 valence electrons. The molecule has 5 aromatic rings. The molecule has 0 bridgehead atoms. The monoisotopic (exact) mass is 510 g/mol. The lowest BCUT2D eigenvalue weighted by molar-refractivity contribution is 0.148. The van der Waals surface area contributed by atoms with Crippen molar-refractivity contribution in [2.45, 2.75) is 31.8 Å². The zero-order chi connectivity index (χ0) is 25.7. The zero-order valence-corrected chi connectivity index (χ0v) is 21.6. The second-order valence-corrected chi connectivity index (χ2v) is 10.1. The highest BCUT2D eigenvalue weighted by atomic mass is 16.5. The van der Waals surface area contributed by atoms with Crippen molar-refractivity contribution in [1.82, 2.24) is 34.7 Å². The molecular weight excluding hydrogens is 480 g/mol. The maximum Gasteiger partial charge on any atom is 0.212 e. The molecule has 1 aliphatic heterocycles. The summed E-state index contributed by atoms with van der Waals surface area (Å²) in [5, 5.41) is 12.8. The van der Waals surface area contributed by atoms with E-state index in [1.807, 2.05) is 42.3 Å². The van der Waals surface area contributed by atoms with Gasteiger partial charge < -0.3 is 14.4 Å². The van der Waals surface area contributed by atoms with Gasteiger partial charge in [-0.1, -0.05) is 6.07 Å². The van der Waals surface area contributed by atoms with Crippen LogP contribution >= 0.6 is 0 Å². The van der Waals surface area contributed by atoms with Crippen LogP contribution in [-0.4, -0.2) is 73.6 Å². The van der Waals surface area contributed by atoms with Crippen LogP contribution in [0.15, 0.2) is 55.1 Å². The Morgan fingerprint density at radius 3 is 2.71 bits per heavy atom. The van der Waals surface area contributed by atoms with Crippen LogP contribution in [0.1, 0.15) is 25.3 Å². The van der Waals surface area contributed by atoms with Gasteiger partial charge in [-0.25, -0.2) is 14.5 Å². The number of aromatic amines is 1.